The number of aromatic nitrogens is 4. The molecule has 3 rings (SSSR count). The molecular formula is C13H13N5OS3. The largest absolute Gasteiger partial charge is 0.301 e. The van der Waals surface area contributed by atoms with Crippen LogP contribution in [0.25, 0.3) is 10.2 Å². The van der Waals surface area contributed by atoms with Crippen LogP contribution < -0.4 is 5.32 Å². The number of nitrogens with zero attached hydrogens (tertiary/aromatic N) is 4. The zero-order valence-corrected chi connectivity index (χ0v) is 14.4. The van der Waals surface area contributed by atoms with E-state index in [-0.39, 0.29) is 5.91 Å². The molecule has 0 saturated carbocycles. The molecule has 3 heterocycles. The van der Waals surface area contributed by atoms with Crippen molar-refractivity contribution in [1.29, 1.82) is 0 Å². The first-order chi connectivity index (χ1) is 10.6. The van der Waals surface area contributed by atoms with Crippen LogP contribution in [0.15, 0.2) is 17.4 Å². The first kappa shape index (κ1) is 15.3. The predicted molar refractivity (Wildman–Crippen MR) is 90.8 cm³/mol. The van der Waals surface area contributed by atoms with Crippen molar-refractivity contribution < 1.29 is 4.79 Å². The molecule has 0 bridgehead atoms. The normalized spacial score (nSPS) is 11.0. The number of thioether (sulfide) groups is 1. The molecule has 0 spiro atoms. The van der Waals surface area contributed by atoms with Crippen molar-refractivity contribution in [3.8, 4) is 0 Å². The van der Waals surface area contributed by atoms with Crippen molar-refractivity contribution in [2.75, 3.05) is 11.1 Å². The number of carbonyl (C=O) groups is 1. The van der Waals surface area contributed by atoms with E-state index < -0.39 is 0 Å². The quantitative estimate of drug-likeness (QED) is 0.561. The van der Waals surface area contributed by atoms with Crippen LogP contribution in [0.2, 0.25) is 0 Å². The molecule has 0 fully saturated rings. The summed E-state index contributed by atoms with van der Waals surface area (Å²) in [4.78, 5) is 22.6. The summed E-state index contributed by atoms with van der Waals surface area (Å²) in [5.74, 6) is 0.598. The molecule has 3 aromatic rings. The molecule has 0 aliphatic carbocycles. The molecule has 114 valence electrons. The zero-order valence-electron chi connectivity index (χ0n) is 12.0. The molecule has 0 unspecified atom stereocenters. The third-order valence-electron chi connectivity index (χ3n) is 2.76. The van der Waals surface area contributed by atoms with E-state index in [1.807, 2.05) is 6.92 Å². The van der Waals surface area contributed by atoms with Crippen LogP contribution in [0.3, 0.4) is 0 Å². The van der Waals surface area contributed by atoms with Crippen molar-refractivity contribution >= 4 is 55.7 Å². The van der Waals surface area contributed by atoms with Crippen LogP contribution in [0, 0.1) is 13.8 Å². The Labute approximate surface area is 139 Å². The van der Waals surface area contributed by atoms with Gasteiger partial charge in [-0.25, -0.2) is 9.97 Å². The number of hydrogen-bond donors (Lipinski definition) is 1. The van der Waals surface area contributed by atoms with Gasteiger partial charge in [-0.2, -0.15) is 0 Å². The first-order valence-electron chi connectivity index (χ1n) is 6.56. The molecule has 0 aliphatic rings. The second-order valence-electron chi connectivity index (χ2n) is 4.53. The fraction of sp³-hybridized carbons (Fsp3) is 0.308. The van der Waals surface area contributed by atoms with Gasteiger partial charge in [0.1, 0.15) is 21.2 Å². The Morgan fingerprint density at radius 1 is 1.27 bits per heavy atom. The number of thiophene rings is 1. The maximum atomic E-state index is 11.9. The third-order valence-corrected chi connectivity index (χ3v) is 5.48. The first-order valence-corrected chi connectivity index (χ1v) is 9.17. The van der Waals surface area contributed by atoms with Crippen LogP contribution >= 0.6 is 34.4 Å². The second kappa shape index (κ2) is 6.67. The summed E-state index contributed by atoms with van der Waals surface area (Å²) < 4.78 is 0. The van der Waals surface area contributed by atoms with E-state index in [0.29, 0.717) is 17.3 Å². The summed E-state index contributed by atoms with van der Waals surface area (Å²) in [6, 6.07) is 2.09. The summed E-state index contributed by atoms with van der Waals surface area (Å²) in [7, 11) is 0. The maximum Gasteiger partial charge on any atom is 0.227 e. The Morgan fingerprint density at radius 2 is 2.14 bits per heavy atom. The molecule has 0 saturated heterocycles. The lowest BCUT2D eigenvalue weighted by molar-refractivity contribution is -0.115. The molecule has 0 aliphatic heterocycles. The van der Waals surface area contributed by atoms with Crippen LogP contribution in [-0.2, 0) is 4.79 Å². The van der Waals surface area contributed by atoms with E-state index in [4.69, 9.17) is 0 Å². The van der Waals surface area contributed by atoms with Crippen molar-refractivity contribution in [2.24, 2.45) is 0 Å². The summed E-state index contributed by atoms with van der Waals surface area (Å²) >= 11 is 4.59. The number of nitrogens with one attached hydrogen (secondary N) is 1. The van der Waals surface area contributed by atoms with Gasteiger partial charge in [0, 0.05) is 22.4 Å². The number of carbonyl (C=O) groups excluding carboxylic acids is 1. The third kappa shape index (κ3) is 3.60. The van der Waals surface area contributed by atoms with Gasteiger partial charge in [0.05, 0.1) is 0 Å². The minimum absolute atomic E-state index is 0.0598. The second-order valence-corrected chi connectivity index (χ2v) is 8.03. The number of aryl methyl sites for hydroxylation is 2. The molecule has 3 aromatic heterocycles. The lowest BCUT2D eigenvalue weighted by Gasteiger charge is -2.02. The summed E-state index contributed by atoms with van der Waals surface area (Å²) in [6.45, 7) is 3.91. The van der Waals surface area contributed by atoms with Gasteiger partial charge in [-0.05, 0) is 19.9 Å². The van der Waals surface area contributed by atoms with E-state index in [1.54, 1.807) is 29.4 Å². The fourth-order valence-electron chi connectivity index (χ4n) is 1.84. The van der Waals surface area contributed by atoms with Crippen molar-refractivity contribution in [1.82, 2.24) is 20.2 Å². The predicted octanol–water partition coefficient (Wildman–Crippen LogP) is 3.28. The zero-order chi connectivity index (χ0) is 15.5. The topological polar surface area (TPSA) is 80.7 Å². The van der Waals surface area contributed by atoms with Crippen LogP contribution in [0.4, 0.5) is 5.13 Å². The molecule has 0 aromatic carbocycles. The van der Waals surface area contributed by atoms with Crippen molar-refractivity contribution in [2.45, 2.75) is 25.3 Å². The highest BCUT2D eigenvalue weighted by atomic mass is 32.2. The number of anilines is 1. The molecule has 1 amide bonds. The Hall–Kier alpha value is -1.58. The number of fused-ring (bicyclic) bond motifs is 1. The van der Waals surface area contributed by atoms with Crippen LogP contribution in [0.5, 0.6) is 0 Å². The highest BCUT2D eigenvalue weighted by Gasteiger charge is 2.10. The number of amides is 1. The van der Waals surface area contributed by atoms with Crippen molar-refractivity contribution in [3.05, 3.63) is 22.3 Å². The van der Waals surface area contributed by atoms with Crippen LogP contribution in [-0.4, -0.2) is 31.8 Å². The highest BCUT2D eigenvalue weighted by Crippen LogP contribution is 2.30. The van der Waals surface area contributed by atoms with E-state index in [2.05, 4.69) is 38.5 Å². The average molecular weight is 351 g/mol. The smallest absolute Gasteiger partial charge is 0.227 e. The summed E-state index contributed by atoms with van der Waals surface area (Å²) in [6.07, 6.45) is 1.97. The molecule has 6 nitrogen and oxygen atoms in total. The summed E-state index contributed by atoms with van der Waals surface area (Å²) in [5, 5.41) is 13.9. The van der Waals surface area contributed by atoms with Gasteiger partial charge >= 0.3 is 0 Å². The fourth-order valence-corrected chi connectivity index (χ4v) is 4.27. The van der Waals surface area contributed by atoms with Gasteiger partial charge in [0.15, 0.2) is 0 Å². The van der Waals surface area contributed by atoms with Gasteiger partial charge < -0.3 is 5.32 Å². The number of hydrogen-bond acceptors (Lipinski definition) is 8. The molecule has 9 heteroatoms. The molecular weight excluding hydrogens is 338 g/mol. The molecule has 22 heavy (non-hydrogen) atoms. The van der Waals surface area contributed by atoms with E-state index >= 15 is 0 Å². The molecule has 0 atom stereocenters. The highest BCUT2D eigenvalue weighted by molar-refractivity contribution is 7.99. The Kier molecular flexibility index (Phi) is 4.65. The van der Waals surface area contributed by atoms with Gasteiger partial charge in [-0.15, -0.1) is 33.3 Å². The van der Waals surface area contributed by atoms with Gasteiger partial charge in [-0.3, -0.25) is 4.79 Å². The van der Waals surface area contributed by atoms with Gasteiger partial charge in [-0.1, -0.05) is 11.3 Å². The lowest BCUT2D eigenvalue weighted by atomic mass is 10.4. The Balaban J connectivity index is 1.57. The minimum Gasteiger partial charge on any atom is -0.301 e. The van der Waals surface area contributed by atoms with E-state index in [1.165, 1.54) is 16.2 Å². The van der Waals surface area contributed by atoms with Gasteiger partial charge in [0.25, 0.3) is 0 Å². The van der Waals surface area contributed by atoms with Gasteiger partial charge in [0.2, 0.25) is 11.0 Å². The SMILES string of the molecule is Cc1cc2c(SCCC(=O)Nc3nnc(C)s3)ncnc2s1. The minimum atomic E-state index is -0.0598. The van der Waals surface area contributed by atoms with Crippen LogP contribution in [0.1, 0.15) is 16.3 Å². The standard InChI is InChI=1S/C13H13N5OS3/c1-7-5-9-11(14-6-15-12(9)21-7)20-4-3-10(19)16-13-18-17-8(2)22-13/h5-6H,3-4H2,1-2H3,(H,16,18,19). The van der Waals surface area contributed by atoms with E-state index in [0.717, 1.165) is 20.3 Å². The number of rotatable bonds is 5. The van der Waals surface area contributed by atoms with E-state index in [9.17, 15) is 4.79 Å². The Bertz CT molecular complexity index is 813. The molecule has 1 N–H and O–H groups in total. The Morgan fingerprint density at radius 3 is 2.91 bits per heavy atom. The average Bonchev–Trinajstić information content (AvgIpc) is 3.04. The summed E-state index contributed by atoms with van der Waals surface area (Å²) in [5.41, 5.74) is 0. The lowest BCUT2D eigenvalue weighted by Crippen LogP contribution is -2.12. The maximum absolute atomic E-state index is 11.9. The molecule has 0 radical (unpaired) electrons. The monoisotopic (exact) mass is 351 g/mol. The van der Waals surface area contributed by atoms with Crippen molar-refractivity contribution in [3.63, 3.8) is 0 Å².